The first-order valence-corrected chi connectivity index (χ1v) is 9.00. The first-order chi connectivity index (χ1) is 11.7. The van der Waals surface area contributed by atoms with Crippen molar-refractivity contribution in [2.45, 2.75) is 19.9 Å². The summed E-state index contributed by atoms with van der Waals surface area (Å²) in [6, 6.07) is 1.95. The number of rotatable bonds is 8. The van der Waals surface area contributed by atoms with E-state index in [1.165, 1.54) is 26.2 Å². The topological polar surface area (TPSA) is 60.7 Å². The molecule has 2 N–H and O–H groups in total. The van der Waals surface area contributed by atoms with Crippen molar-refractivity contribution in [2.24, 2.45) is 10.9 Å². The van der Waals surface area contributed by atoms with E-state index in [0.717, 1.165) is 38.6 Å². The molecule has 2 heterocycles. The van der Waals surface area contributed by atoms with Gasteiger partial charge < -0.3 is 20.4 Å². The van der Waals surface area contributed by atoms with E-state index in [9.17, 15) is 0 Å². The van der Waals surface area contributed by atoms with Crippen LogP contribution in [0.2, 0.25) is 0 Å². The molecule has 2 rings (SSSR count). The van der Waals surface area contributed by atoms with Gasteiger partial charge in [-0.05, 0) is 25.5 Å². The molecule has 1 aromatic rings. The van der Waals surface area contributed by atoms with Crippen LogP contribution in [-0.4, -0.2) is 85.4 Å². The fourth-order valence-corrected chi connectivity index (χ4v) is 2.91. The van der Waals surface area contributed by atoms with Gasteiger partial charge in [-0.2, -0.15) is 5.10 Å². The molecule has 0 saturated carbocycles. The summed E-state index contributed by atoms with van der Waals surface area (Å²) in [5.74, 6) is 1.50. The van der Waals surface area contributed by atoms with Crippen LogP contribution >= 0.6 is 0 Å². The lowest BCUT2D eigenvalue weighted by atomic mass is 10.1. The average molecular weight is 336 g/mol. The van der Waals surface area contributed by atoms with Crippen molar-refractivity contribution in [3.63, 3.8) is 0 Å². The Hall–Kier alpha value is -1.60. The second-order valence-electron chi connectivity index (χ2n) is 6.71. The Kier molecular flexibility index (Phi) is 8.04. The van der Waals surface area contributed by atoms with Gasteiger partial charge in [0.05, 0.1) is 0 Å². The van der Waals surface area contributed by atoms with E-state index in [1.54, 1.807) is 0 Å². The van der Waals surface area contributed by atoms with Crippen molar-refractivity contribution in [2.75, 3.05) is 59.9 Å². The number of hydrogen-bond donors (Lipinski definition) is 2. The minimum Gasteiger partial charge on any atom is -0.356 e. The van der Waals surface area contributed by atoms with Crippen LogP contribution in [0.1, 0.15) is 13.3 Å². The number of aromatic nitrogens is 2. The number of nitrogens with one attached hydrogen (secondary N) is 2. The largest absolute Gasteiger partial charge is 0.356 e. The number of likely N-dealkylation sites (N-methyl/N-ethyl adjacent to an activating group) is 1. The predicted octanol–water partition coefficient (Wildman–Crippen LogP) is 0.322. The lowest BCUT2D eigenvalue weighted by Crippen LogP contribution is -2.47. The number of hydrogen-bond acceptors (Lipinski definition) is 4. The molecule has 1 fully saturated rings. The van der Waals surface area contributed by atoms with Crippen molar-refractivity contribution in [3.8, 4) is 0 Å². The van der Waals surface area contributed by atoms with Crippen LogP contribution in [-0.2, 0) is 6.54 Å². The molecular weight excluding hydrogens is 302 g/mol. The van der Waals surface area contributed by atoms with Gasteiger partial charge in [0, 0.05) is 71.8 Å². The standard InChI is InChI=1S/C17H33N7/c1-16(15-23-12-10-22(3)11-13-23)14-20-17(18-2)19-6-4-8-24-9-5-7-21-24/h5,7,9,16H,4,6,8,10-15H2,1-3H3,(H2,18,19,20). The summed E-state index contributed by atoms with van der Waals surface area (Å²) in [4.78, 5) is 9.26. The van der Waals surface area contributed by atoms with Gasteiger partial charge >= 0.3 is 0 Å². The monoisotopic (exact) mass is 335 g/mol. The van der Waals surface area contributed by atoms with Gasteiger partial charge in [-0.25, -0.2) is 0 Å². The predicted molar refractivity (Wildman–Crippen MR) is 99.3 cm³/mol. The van der Waals surface area contributed by atoms with Crippen molar-refractivity contribution in [1.82, 2.24) is 30.2 Å². The molecule has 1 saturated heterocycles. The van der Waals surface area contributed by atoms with Gasteiger partial charge in [0.15, 0.2) is 5.96 Å². The first-order valence-electron chi connectivity index (χ1n) is 9.00. The quantitative estimate of drug-likeness (QED) is 0.407. The zero-order valence-corrected chi connectivity index (χ0v) is 15.4. The van der Waals surface area contributed by atoms with Crippen LogP contribution in [0.3, 0.4) is 0 Å². The molecule has 0 spiro atoms. The fraction of sp³-hybridized carbons (Fsp3) is 0.765. The summed E-state index contributed by atoms with van der Waals surface area (Å²) in [6.45, 7) is 10.9. The highest BCUT2D eigenvalue weighted by Gasteiger charge is 2.16. The lowest BCUT2D eigenvalue weighted by Gasteiger charge is -2.34. The molecule has 136 valence electrons. The summed E-state index contributed by atoms with van der Waals surface area (Å²) < 4.78 is 1.95. The Bertz CT molecular complexity index is 463. The molecule has 1 aliphatic rings. The van der Waals surface area contributed by atoms with Gasteiger partial charge in [0.25, 0.3) is 0 Å². The van der Waals surface area contributed by atoms with Crippen molar-refractivity contribution in [1.29, 1.82) is 0 Å². The Labute approximate surface area is 146 Å². The number of piperazine rings is 1. The zero-order chi connectivity index (χ0) is 17.2. The zero-order valence-electron chi connectivity index (χ0n) is 15.4. The number of aryl methyl sites for hydroxylation is 1. The highest BCUT2D eigenvalue weighted by molar-refractivity contribution is 5.79. The maximum absolute atomic E-state index is 4.30. The molecule has 1 atom stereocenters. The number of aliphatic imine (C=N–C) groups is 1. The first kappa shape index (κ1) is 18.7. The van der Waals surface area contributed by atoms with Gasteiger partial charge in [-0.1, -0.05) is 6.92 Å². The van der Waals surface area contributed by atoms with Gasteiger partial charge in [0.1, 0.15) is 0 Å². The Morgan fingerprint density at radius 2 is 2.04 bits per heavy atom. The normalized spacial score (nSPS) is 18.5. The summed E-state index contributed by atoms with van der Waals surface area (Å²) in [6.07, 6.45) is 4.84. The van der Waals surface area contributed by atoms with Gasteiger partial charge in [-0.15, -0.1) is 0 Å². The van der Waals surface area contributed by atoms with E-state index < -0.39 is 0 Å². The Balaban J connectivity index is 1.56. The molecular formula is C17H33N7. The molecule has 7 heteroatoms. The molecule has 1 aromatic heterocycles. The summed E-state index contributed by atoms with van der Waals surface area (Å²) in [5.41, 5.74) is 0. The van der Waals surface area contributed by atoms with E-state index in [0.29, 0.717) is 5.92 Å². The SMILES string of the molecule is CN=C(NCCCn1cccn1)NCC(C)CN1CCN(C)CC1. The smallest absolute Gasteiger partial charge is 0.190 e. The molecule has 0 aliphatic carbocycles. The molecule has 0 amide bonds. The van der Waals surface area contributed by atoms with E-state index in [2.05, 4.69) is 44.5 Å². The van der Waals surface area contributed by atoms with Gasteiger partial charge in [0.2, 0.25) is 0 Å². The fourth-order valence-electron chi connectivity index (χ4n) is 2.91. The van der Waals surface area contributed by atoms with E-state index in [4.69, 9.17) is 0 Å². The van der Waals surface area contributed by atoms with Gasteiger partial charge in [-0.3, -0.25) is 9.67 Å². The van der Waals surface area contributed by atoms with Crippen LogP contribution in [0.15, 0.2) is 23.5 Å². The van der Waals surface area contributed by atoms with Crippen molar-refractivity contribution >= 4 is 5.96 Å². The second-order valence-corrected chi connectivity index (χ2v) is 6.71. The summed E-state index contributed by atoms with van der Waals surface area (Å²) in [5, 5.41) is 11.0. The van der Waals surface area contributed by atoms with Crippen LogP contribution in [0.4, 0.5) is 0 Å². The van der Waals surface area contributed by atoms with Crippen LogP contribution in [0.25, 0.3) is 0 Å². The highest BCUT2D eigenvalue weighted by Crippen LogP contribution is 2.03. The lowest BCUT2D eigenvalue weighted by molar-refractivity contribution is 0.139. The molecule has 1 aliphatic heterocycles. The summed E-state index contributed by atoms with van der Waals surface area (Å²) in [7, 11) is 4.03. The molecule has 24 heavy (non-hydrogen) atoms. The number of guanidine groups is 1. The van der Waals surface area contributed by atoms with E-state index in [1.807, 2.05) is 30.2 Å². The van der Waals surface area contributed by atoms with Crippen LogP contribution in [0, 0.1) is 5.92 Å². The molecule has 0 bridgehead atoms. The van der Waals surface area contributed by atoms with E-state index >= 15 is 0 Å². The molecule has 7 nitrogen and oxygen atoms in total. The maximum atomic E-state index is 4.30. The average Bonchev–Trinajstić information content (AvgIpc) is 3.10. The Morgan fingerprint density at radius 3 is 2.71 bits per heavy atom. The minimum absolute atomic E-state index is 0.607. The minimum atomic E-state index is 0.607. The molecule has 0 aromatic carbocycles. The number of nitrogens with zero attached hydrogens (tertiary/aromatic N) is 5. The van der Waals surface area contributed by atoms with Crippen LogP contribution in [0.5, 0.6) is 0 Å². The third kappa shape index (κ3) is 6.88. The maximum Gasteiger partial charge on any atom is 0.190 e. The second kappa shape index (κ2) is 10.3. The summed E-state index contributed by atoms with van der Waals surface area (Å²) >= 11 is 0. The third-order valence-corrected chi connectivity index (χ3v) is 4.42. The van der Waals surface area contributed by atoms with Crippen molar-refractivity contribution < 1.29 is 0 Å². The van der Waals surface area contributed by atoms with Crippen LogP contribution < -0.4 is 10.6 Å². The Morgan fingerprint density at radius 1 is 1.25 bits per heavy atom. The van der Waals surface area contributed by atoms with Crippen molar-refractivity contribution in [3.05, 3.63) is 18.5 Å². The molecule has 0 radical (unpaired) electrons. The third-order valence-electron chi connectivity index (χ3n) is 4.42. The van der Waals surface area contributed by atoms with E-state index in [-0.39, 0.29) is 0 Å². The molecule has 1 unspecified atom stereocenters. The highest BCUT2D eigenvalue weighted by atomic mass is 15.3.